The molecule has 1 aromatic heterocycles. The Morgan fingerprint density at radius 3 is 2.89 bits per heavy atom. The normalized spacial score (nSPS) is 19.0. The molecule has 1 aliphatic rings. The molecule has 1 aliphatic heterocycles. The second-order valence-corrected chi connectivity index (χ2v) is 4.41. The lowest BCUT2D eigenvalue weighted by atomic mass is 9.93. The van der Waals surface area contributed by atoms with Crippen molar-refractivity contribution in [2.45, 2.75) is 38.3 Å². The first-order valence-electron chi connectivity index (χ1n) is 6.51. The highest BCUT2D eigenvalue weighted by Crippen LogP contribution is 2.34. The maximum Gasteiger partial charge on any atom is 0.183 e. The molecule has 102 valence electrons. The van der Waals surface area contributed by atoms with Gasteiger partial charge in [0, 0.05) is 39.2 Å². The van der Waals surface area contributed by atoms with Gasteiger partial charge < -0.3 is 15.2 Å². The van der Waals surface area contributed by atoms with Gasteiger partial charge in [-0.25, -0.2) is 4.68 Å². The van der Waals surface area contributed by atoms with E-state index >= 15 is 0 Å². The van der Waals surface area contributed by atoms with Crippen LogP contribution in [0, 0.1) is 0 Å². The van der Waals surface area contributed by atoms with Crippen LogP contribution in [0.4, 0.5) is 0 Å². The van der Waals surface area contributed by atoms with E-state index in [4.69, 9.17) is 15.2 Å². The number of rotatable bonds is 6. The van der Waals surface area contributed by atoms with Crippen molar-refractivity contribution in [3.63, 3.8) is 0 Å². The SMILES string of the molecule is CCOC1(c2nnnn2CCCN)CCOCC1. The lowest BCUT2D eigenvalue weighted by molar-refractivity contribution is -0.120. The monoisotopic (exact) mass is 255 g/mol. The Balaban J connectivity index is 2.21. The molecule has 2 heterocycles. The number of hydrogen-bond donors (Lipinski definition) is 1. The minimum atomic E-state index is -0.398. The van der Waals surface area contributed by atoms with E-state index in [1.54, 1.807) is 0 Å². The smallest absolute Gasteiger partial charge is 0.183 e. The van der Waals surface area contributed by atoms with Crippen LogP contribution in [0.5, 0.6) is 0 Å². The topological polar surface area (TPSA) is 88.1 Å². The first-order chi connectivity index (χ1) is 8.82. The molecule has 0 aliphatic carbocycles. The summed E-state index contributed by atoms with van der Waals surface area (Å²) in [6, 6.07) is 0. The fourth-order valence-corrected chi connectivity index (χ4v) is 2.33. The minimum Gasteiger partial charge on any atom is -0.381 e. The van der Waals surface area contributed by atoms with Crippen molar-refractivity contribution in [2.75, 3.05) is 26.4 Å². The number of nitrogens with two attached hydrogens (primary N) is 1. The molecule has 1 saturated heterocycles. The van der Waals surface area contributed by atoms with Crippen molar-refractivity contribution in [1.29, 1.82) is 0 Å². The molecule has 0 saturated carbocycles. The Kier molecular flexibility index (Phi) is 4.62. The van der Waals surface area contributed by atoms with Crippen LogP contribution in [-0.2, 0) is 21.6 Å². The fourth-order valence-electron chi connectivity index (χ4n) is 2.33. The standard InChI is InChI=1S/C11H21N5O2/c1-2-18-11(4-8-17-9-5-11)10-13-14-15-16(10)7-3-6-12/h2-9,12H2,1H3. The highest BCUT2D eigenvalue weighted by molar-refractivity contribution is 5.02. The molecule has 2 rings (SSSR count). The molecule has 0 radical (unpaired) electrons. The van der Waals surface area contributed by atoms with Crippen LogP contribution in [0.3, 0.4) is 0 Å². The van der Waals surface area contributed by atoms with Crippen LogP contribution in [0.2, 0.25) is 0 Å². The van der Waals surface area contributed by atoms with Crippen molar-refractivity contribution >= 4 is 0 Å². The molecule has 0 bridgehead atoms. The Hall–Kier alpha value is -1.05. The molecule has 0 unspecified atom stereocenters. The van der Waals surface area contributed by atoms with E-state index in [2.05, 4.69) is 15.5 Å². The molecule has 0 aromatic carbocycles. The molecule has 7 nitrogen and oxygen atoms in total. The van der Waals surface area contributed by atoms with Crippen molar-refractivity contribution in [3.05, 3.63) is 5.82 Å². The van der Waals surface area contributed by atoms with Crippen LogP contribution >= 0.6 is 0 Å². The molecule has 0 atom stereocenters. The summed E-state index contributed by atoms with van der Waals surface area (Å²) in [5.41, 5.74) is 5.13. The summed E-state index contributed by atoms with van der Waals surface area (Å²) in [5, 5.41) is 12.0. The summed E-state index contributed by atoms with van der Waals surface area (Å²) < 4.78 is 13.2. The number of hydrogen-bond acceptors (Lipinski definition) is 6. The van der Waals surface area contributed by atoms with E-state index in [1.165, 1.54) is 0 Å². The fraction of sp³-hybridized carbons (Fsp3) is 0.909. The molecule has 1 fully saturated rings. The van der Waals surface area contributed by atoms with E-state index in [1.807, 2.05) is 11.6 Å². The molecular formula is C11H21N5O2. The van der Waals surface area contributed by atoms with Crippen LogP contribution in [0.15, 0.2) is 0 Å². The van der Waals surface area contributed by atoms with E-state index in [-0.39, 0.29) is 0 Å². The van der Waals surface area contributed by atoms with Crippen molar-refractivity contribution in [2.24, 2.45) is 5.73 Å². The van der Waals surface area contributed by atoms with Gasteiger partial charge in [-0.2, -0.15) is 0 Å². The second kappa shape index (κ2) is 6.21. The largest absolute Gasteiger partial charge is 0.381 e. The molecule has 7 heteroatoms. The van der Waals surface area contributed by atoms with Gasteiger partial charge in [-0.3, -0.25) is 0 Å². The van der Waals surface area contributed by atoms with Gasteiger partial charge in [0.2, 0.25) is 0 Å². The lowest BCUT2D eigenvalue weighted by Crippen LogP contribution is -2.39. The zero-order chi connectivity index (χ0) is 12.8. The lowest BCUT2D eigenvalue weighted by Gasteiger charge is -2.35. The maximum atomic E-state index is 5.96. The highest BCUT2D eigenvalue weighted by Gasteiger charge is 2.40. The second-order valence-electron chi connectivity index (χ2n) is 4.41. The summed E-state index contributed by atoms with van der Waals surface area (Å²) in [5.74, 6) is 0.807. The van der Waals surface area contributed by atoms with E-state index in [0.29, 0.717) is 26.4 Å². The summed E-state index contributed by atoms with van der Waals surface area (Å²) in [7, 11) is 0. The van der Waals surface area contributed by atoms with Crippen LogP contribution in [-0.4, -0.2) is 46.6 Å². The van der Waals surface area contributed by atoms with Crippen LogP contribution < -0.4 is 5.73 Å². The summed E-state index contributed by atoms with van der Waals surface area (Å²) in [6.07, 6.45) is 2.45. The predicted octanol–water partition coefficient (Wildman–Crippen LogP) is 0.0641. The Morgan fingerprint density at radius 2 is 2.22 bits per heavy atom. The summed E-state index contributed by atoms with van der Waals surface area (Å²) >= 11 is 0. The van der Waals surface area contributed by atoms with Gasteiger partial charge in [0.05, 0.1) is 0 Å². The third kappa shape index (κ3) is 2.68. The van der Waals surface area contributed by atoms with E-state index < -0.39 is 5.60 Å². The van der Waals surface area contributed by atoms with Gasteiger partial charge >= 0.3 is 0 Å². The molecule has 0 spiro atoms. The first-order valence-corrected chi connectivity index (χ1v) is 6.51. The van der Waals surface area contributed by atoms with Gasteiger partial charge in [-0.15, -0.1) is 5.10 Å². The van der Waals surface area contributed by atoms with Gasteiger partial charge in [0.15, 0.2) is 5.82 Å². The zero-order valence-electron chi connectivity index (χ0n) is 10.8. The van der Waals surface area contributed by atoms with Crippen molar-refractivity contribution in [3.8, 4) is 0 Å². The van der Waals surface area contributed by atoms with Gasteiger partial charge in [-0.1, -0.05) is 0 Å². The average molecular weight is 255 g/mol. The molecule has 0 amide bonds. The third-order valence-corrected chi connectivity index (χ3v) is 3.23. The van der Waals surface area contributed by atoms with Crippen molar-refractivity contribution < 1.29 is 9.47 Å². The third-order valence-electron chi connectivity index (χ3n) is 3.23. The van der Waals surface area contributed by atoms with E-state index in [0.717, 1.165) is 31.6 Å². The average Bonchev–Trinajstić information content (AvgIpc) is 2.87. The van der Waals surface area contributed by atoms with E-state index in [9.17, 15) is 0 Å². The highest BCUT2D eigenvalue weighted by atomic mass is 16.5. The number of aromatic nitrogens is 4. The predicted molar refractivity (Wildman–Crippen MR) is 64.8 cm³/mol. The van der Waals surface area contributed by atoms with Gasteiger partial charge in [-0.05, 0) is 30.3 Å². The molecular weight excluding hydrogens is 234 g/mol. The molecule has 1 aromatic rings. The Morgan fingerprint density at radius 1 is 1.44 bits per heavy atom. The quantitative estimate of drug-likeness (QED) is 0.773. The number of tetrazole rings is 1. The number of aryl methyl sites for hydroxylation is 1. The van der Waals surface area contributed by atoms with Gasteiger partial charge in [0.1, 0.15) is 5.60 Å². The number of nitrogens with zero attached hydrogens (tertiary/aromatic N) is 4. The van der Waals surface area contributed by atoms with Crippen molar-refractivity contribution in [1.82, 2.24) is 20.2 Å². The first kappa shape index (κ1) is 13.4. The summed E-state index contributed by atoms with van der Waals surface area (Å²) in [4.78, 5) is 0. The Labute approximate surface area is 107 Å². The molecule has 2 N–H and O–H groups in total. The number of ether oxygens (including phenoxy) is 2. The maximum absolute atomic E-state index is 5.96. The van der Waals surface area contributed by atoms with Gasteiger partial charge in [0.25, 0.3) is 0 Å². The molecule has 18 heavy (non-hydrogen) atoms. The van der Waals surface area contributed by atoms with Crippen LogP contribution in [0.1, 0.15) is 32.0 Å². The zero-order valence-corrected chi connectivity index (χ0v) is 10.8. The minimum absolute atomic E-state index is 0.398. The Bertz CT molecular complexity index is 357. The van der Waals surface area contributed by atoms with Crippen LogP contribution in [0.25, 0.3) is 0 Å². The summed E-state index contributed by atoms with van der Waals surface area (Å²) in [6.45, 7) is 5.36.